The summed E-state index contributed by atoms with van der Waals surface area (Å²) >= 11 is 1.51. The fraction of sp³-hybridized carbons (Fsp3) is 0.333. The van der Waals surface area contributed by atoms with Gasteiger partial charge in [0.2, 0.25) is 11.8 Å². The first-order chi connectivity index (χ1) is 13.0. The summed E-state index contributed by atoms with van der Waals surface area (Å²) in [6.07, 6.45) is 0. The Kier molecular flexibility index (Phi) is 6.06. The third kappa shape index (κ3) is 4.45. The highest BCUT2D eigenvalue weighted by Gasteiger charge is 2.27. The minimum absolute atomic E-state index is 0.0236. The first kappa shape index (κ1) is 19.3. The van der Waals surface area contributed by atoms with Gasteiger partial charge in [-0.1, -0.05) is 38.1 Å². The number of ether oxygens (including phenoxy) is 1. The van der Waals surface area contributed by atoms with Crippen LogP contribution >= 0.6 is 11.8 Å². The van der Waals surface area contributed by atoms with Crippen LogP contribution in [0.4, 0.5) is 5.69 Å². The topological polar surface area (TPSA) is 58.6 Å². The Bertz CT molecular complexity index is 820. The van der Waals surface area contributed by atoms with Crippen molar-refractivity contribution in [2.24, 2.45) is 5.92 Å². The molecule has 27 heavy (non-hydrogen) atoms. The number of nitrogens with one attached hydrogen (secondary N) is 1. The number of para-hydroxylation sites is 1. The van der Waals surface area contributed by atoms with Crippen molar-refractivity contribution in [3.63, 3.8) is 0 Å². The van der Waals surface area contributed by atoms with E-state index in [9.17, 15) is 9.59 Å². The summed E-state index contributed by atoms with van der Waals surface area (Å²) in [5.41, 5.74) is 1.82. The van der Waals surface area contributed by atoms with Crippen molar-refractivity contribution in [1.29, 1.82) is 0 Å². The summed E-state index contributed by atoms with van der Waals surface area (Å²) in [5, 5.41) is 3.09. The van der Waals surface area contributed by atoms with Crippen LogP contribution in [0.2, 0.25) is 0 Å². The SMILES string of the molecule is COc1ccc(C(NC(=O)CN2C(=O)CSc3ccccc32)C(C)C)cc1. The van der Waals surface area contributed by atoms with Gasteiger partial charge in [0.15, 0.2) is 0 Å². The number of carbonyl (C=O) groups excluding carboxylic acids is 2. The van der Waals surface area contributed by atoms with Crippen molar-refractivity contribution in [1.82, 2.24) is 5.32 Å². The number of carbonyl (C=O) groups is 2. The Morgan fingerprint density at radius 1 is 1.19 bits per heavy atom. The van der Waals surface area contributed by atoms with Crippen molar-refractivity contribution in [2.75, 3.05) is 24.3 Å². The van der Waals surface area contributed by atoms with E-state index in [-0.39, 0.29) is 30.3 Å². The van der Waals surface area contributed by atoms with E-state index in [1.54, 1.807) is 12.0 Å². The van der Waals surface area contributed by atoms with Crippen molar-refractivity contribution < 1.29 is 14.3 Å². The largest absolute Gasteiger partial charge is 0.497 e. The highest BCUT2D eigenvalue weighted by Crippen LogP contribution is 2.34. The standard InChI is InChI=1S/C21H24N2O3S/c1-14(2)21(15-8-10-16(26-3)11-9-15)22-19(24)12-23-17-6-4-5-7-18(17)27-13-20(23)25/h4-11,14,21H,12-13H2,1-3H3,(H,22,24). The third-order valence-electron chi connectivity index (χ3n) is 4.57. The molecule has 5 nitrogen and oxygen atoms in total. The van der Waals surface area contributed by atoms with Gasteiger partial charge in [-0.05, 0) is 35.7 Å². The molecule has 2 amide bonds. The van der Waals surface area contributed by atoms with Gasteiger partial charge in [-0.15, -0.1) is 11.8 Å². The van der Waals surface area contributed by atoms with Gasteiger partial charge in [-0.3, -0.25) is 9.59 Å². The lowest BCUT2D eigenvalue weighted by molar-refractivity contribution is -0.123. The smallest absolute Gasteiger partial charge is 0.240 e. The van der Waals surface area contributed by atoms with Crippen molar-refractivity contribution in [3.8, 4) is 5.75 Å². The fourth-order valence-corrected chi connectivity index (χ4v) is 4.07. The van der Waals surface area contributed by atoms with Gasteiger partial charge >= 0.3 is 0 Å². The van der Waals surface area contributed by atoms with E-state index >= 15 is 0 Å². The second-order valence-corrected chi connectivity index (χ2v) is 7.82. The Hall–Kier alpha value is -2.47. The van der Waals surface area contributed by atoms with Gasteiger partial charge in [0.1, 0.15) is 12.3 Å². The monoisotopic (exact) mass is 384 g/mol. The highest BCUT2D eigenvalue weighted by atomic mass is 32.2. The molecule has 1 unspecified atom stereocenters. The molecule has 1 N–H and O–H groups in total. The van der Waals surface area contributed by atoms with Crippen LogP contribution in [0.1, 0.15) is 25.5 Å². The lowest BCUT2D eigenvalue weighted by atomic mass is 9.96. The Labute approximate surface area is 164 Å². The maximum Gasteiger partial charge on any atom is 0.240 e. The average molecular weight is 385 g/mol. The number of nitrogens with zero attached hydrogens (tertiary/aromatic N) is 1. The molecule has 0 aliphatic carbocycles. The number of fused-ring (bicyclic) bond motifs is 1. The van der Waals surface area contributed by atoms with Gasteiger partial charge < -0.3 is 15.0 Å². The molecule has 2 aromatic carbocycles. The number of rotatable bonds is 6. The number of amides is 2. The van der Waals surface area contributed by atoms with Crippen LogP contribution in [0, 0.1) is 5.92 Å². The molecular weight excluding hydrogens is 360 g/mol. The Morgan fingerprint density at radius 3 is 2.56 bits per heavy atom. The van der Waals surface area contributed by atoms with Crippen LogP contribution in [0.3, 0.4) is 0 Å². The van der Waals surface area contributed by atoms with Gasteiger partial charge in [0.25, 0.3) is 0 Å². The number of hydrogen-bond acceptors (Lipinski definition) is 4. The lowest BCUT2D eigenvalue weighted by Crippen LogP contribution is -2.44. The normalized spacial score (nSPS) is 14.7. The molecule has 1 aliphatic rings. The molecule has 0 bridgehead atoms. The predicted molar refractivity (Wildman–Crippen MR) is 108 cm³/mol. The number of thioether (sulfide) groups is 1. The number of anilines is 1. The number of benzene rings is 2. The van der Waals surface area contributed by atoms with Crippen LogP contribution in [0.25, 0.3) is 0 Å². The highest BCUT2D eigenvalue weighted by molar-refractivity contribution is 8.00. The summed E-state index contributed by atoms with van der Waals surface area (Å²) in [6, 6.07) is 15.3. The summed E-state index contributed by atoms with van der Waals surface area (Å²) in [4.78, 5) is 27.7. The van der Waals surface area contributed by atoms with E-state index in [0.29, 0.717) is 5.75 Å². The number of methoxy groups -OCH3 is 1. The van der Waals surface area contributed by atoms with E-state index in [1.165, 1.54) is 11.8 Å². The molecule has 142 valence electrons. The molecule has 1 atom stereocenters. The third-order valence-corrected chi connectivity index (χ3v) is 5.62. The minimum Gasteiger partial charge on any atom is -0.497 e. The molecule has 0 radical (unpaired) electrons. The molecule has 1 aliphatic heterocycles. The average Bonchev–Trinajstić information content (AvgIpc) is 2.68. The molecule has 3 rings (SSSR count). The lowest BCUT2D eigenvalue weighted by Gasteiger charge is -2.30. The Balaban J connectivity index is 1.74. The summed E-state index contributed by atoms with van der Waals surface area (Å²) in [5.74, 6) is 1.14. The van der Waals surface area contributed by atoms with E-state index < -0.39 is 0 Å². The molecule has 1 heterocycles. The molecular formula is C21H24N2O3S. The maximum absolute atomic E-state index is 12.7. The summed E-state index contributed by atoms with van der Waals surface area (Å²) in [7, 11) is 1.63. The zero-order valence-corrected chi connectivity index (χ0v) is 16.6. The molecule has 6 heteroatoms. The quantitative estimate of drug-likeness (QED) is 0.826. The zero-order chi connectivity index (χ0) is 19.4. The van der Waals surface area contributed by atoms with Crippen LogP contribution in [-0.2, 0) is 9.59 Å². The first-order valence-corrected chi connectivity index (χ1v) is 9.93. The van der Waals surface area contributed by atoms with Gasteiger partial charge in [-0.25, -0.2) is 0 Å². The fourth-order valence-electron chi connectivity index (χ4n) is 3.14. The van der Waals surface area contributed by atoms with Gasteiger partial charge in [0, 0.05) is 4.90 Å². The van der Waals surface area contributed by atoms with E-state index in [1.807, 2.05) is 48.5 Å². The van der Waals surface area contributed by atoms with Gasteiger partial charge in [0.05, 0.1) is 24.6 Å². The molecule has 0 saturated carbocycles. The van der Waals surface area contributed by atoms with Crippen LogP contribution in [0.15, 0.2) is 53.4 Å². The predicted octanol–water partition coefficient (Wildman–Crippen LogP) is 3.65. The van der Waals surface area contributed by atoms with Crippen LogP contribution < -0.4 is 15.0 Å². The van der Waals surface area contributed by atoms with Crippen molar-refractivity contribution in [2.45, 2.75) is 24.8 Å². The minimum atomic E-state index is -0.167. The van der Waals surface area contributed by atoms with E-state index in [0.717, 1.165) is 21.9 Å². The number of hydrogen-bond donors (Lipinski definition) is 1. The van der Waals surface area contributed by atoms with Crippen molar-refractivity contribution >= 4 is 29.3 Å². The molecule has 2 aromatic rings. The van der Waals surface area contributed by atoms with E-state index in [4.69, 9.17) is 4.74 Å². The molecule has 0 saturated heterocycles. The van der Waals surface area contributed by atoms with E-state index in [2.05, 4.69) is 19.2 Å². The second kappa shape index (κ2) is 8.48. The zero-order valence-electron chi connectivity index (χ0n) is 15.8. The van der Waals surface area contributed by atoms with Gasteiger partial charge in [-0.2, -0.15) is 0 Å². The summed E-state index contributed by atoms with van der Waals surface area (Å²) < 4.78 is 5.20. The maximum atomic E-state index is 12.7. The molecule has 0 fully saturated rings. The van der Waals surface area contributed by atoms with Crippen molar-refractivity contribution in [3.05, 3.63) is 54.1 Å². The van der Waals surface area contributed by atoms with Crippen LogP contribution in [0.5, 0.6) is 5.75 Å². The second-order valence-electron chi connectivity index (χ2n) is 6.80. The van der Waals surface area contributed by atoms with Crippen LogP contribution in [-0.4, -0.2) is 31.2 Å². The molecule has 0 spiro atoms. The summed E-state index contributed by atoms with van der Waals surface area (Å²) in [6.45, 7) is 4.15. The molecule has 0 aromatic heterocycles. The first-order valence-electron chi connectivity index (χ1n) is 8.95. The Morgan fingerprint density at radius 2 is 1.89 bits per heavy atom.